The first kappa shape index (κ1) is 14.0. The molecular formula is C12H23N3O2. The number of nitrogens with two attached hydrogens (primary N) is 1. The largest absolute Gasteiger partial charge is 0.369 e. The highest BCUT2D eigenvalue weighted by molar-refractivity contribution is 5.78. The molecular weight excluding hydrogens is 218 g/mol. The minimum Gasteiger partial charge on any atom is -0.369 e. The zero-order valence-corrected chi connectivity index (χ0v) is 10.5. The third-order valence-corrected chi connectivity index (χ3v) is 3.27. The second kappa shape index (κ2) is 7.27. The van der Waals surface area contributed by atoms with Crippen LogP contribution in [0.1, 0.15) is 38.5 Å². The van der Waals surface area contributed by atoms with Gasteiger partial charge in [0.25, 0.3) is 0 Å². The molecule has 0 aromatic carbocycles. The van der Waals surface area contributed by atoms with E-state index in [-0.39, 0.29) is 23.8 Å². The fraction of sp³-hybridized carbons (Fsp3) is 0.833. The average molecular weight is 241 g/mol. The van der Waals surface area contributed by atoms with Crippen LogP contribution in [0.25, 0.3) is 0 Å². The molecule has 2 amide bonds. The topological polar surface area (TPSA) is 84.2 Å². The zero-order valence-electron chi connectivity index (χ0n) is 10.5. The first-order chi connectivity index (χ1) is 8.13. The molecule has 2 unspecified atom stereocenters. The second-order valence-electron chi connectivity index (χ2n) is 4.74. The lowest BCUT2D eigenvalue weighted by Gasteiger charge is -2.27. The predicted octanol–water partition coefficient (Wildman–Crippen LogP) is 0.146. The molecule has 0 bridgehead atoms. The molecule has 1 aliphatic rings. The molecule has 2 atom stereocenters. The van der Waals surface area contributed by atoms with E-state index in [4.69, 9.17) is 5.73 Å². The van der Waals surface area contributed by atoms with Crippen LogP contribution in [0.5, 0.6) is 0 Å². The van der Waals surface area contributed by atoms with Crippen molar-refractivity contribution in [2.75, 3.05) is 13.6 Å². The van der Waals surface area contributed by atoms with Crippen molar-refractivity contribution in [1.82, 2.24) is 10.6 Å². The predicted molar refractivity (Wildman–Crippen MR) is 66.2 cm³/mol. The van der Waals surface area contributed by atoms with Gasteiger partial charge in [0.2, 0.25) is 11.8 Å². The van der Waals surface area contributed by atoms with Gasteiger partial charge in [0.05, 0.1) is 0 Å². The summed E-state index contributed by atoms with van der Waals surface area (Å²) in [4.78, 5) is 22.7. The monoisotopic (exact) mass is 241 g/mol. The standard InChI is InChI=1S/C12H23N3O2/c1-14-7-3-6-11(16)15-10-5-2-4-9(8-10)12(13)17/h9-10,14H,2-8H2,1H3,(H2,13,17)(H,15,16). The summed E-state index contributed by atoms with van der Waals surface area (Å²) in [5, 5.41) is 6.00. The van der Waals surface area contributed by atoms with Crippen LogP contribution in [0.15, 0.2) is 0 Å². The Hall–Kier alpha value is -1.10. The number of carbonyl (C=O) groups excluding carboxylic acids is 2. The summed E-state index contributed by atoms with van der Waals surface area (Å²) in [6, 6.07) is 0.128. The summed E-state index contributed by atoms with van der Waals surface area (Å²) in [5.41, 5.74) is 5.30. The summed E-state index contributed by atoms with van der Waals surface area (Å²) < 4.78 is 0. The van der Waals surface area contributed by atoms with Gasteiger partial charge in [0.15, 0.2) is 0 Å². The van der Waals surface area contributed by atoms with Gasteiger partial charge in [0.1, 0.15) is 0 Å². The quantitative estimate of drug-likeness (QED) is 0.579. The van der Waals surface area contributed by atoms with Crippen LogP contribution in [0.4, 0.5) is 0 Å². The number of rotatable bonds is 6. The Morgan fingerprint density at radius 2 is 2.12 bits per heavy atom. The Morgan fingerprint density at radius 1 is 1.35 bits per heavy atom. The van der Waals surface area contributed by atoms with Gasteiger partial charge in [-0.1, -0.05) is 6.42 Å². The fourth-order valence-corrected chi connectivity index (χ4v) is 2.30. The smallest absolute Gasteiger partial charge is 0.220 e. The minimum atomic E-state index is -0.237. The molecule has 98 valence electrons. The van der Waals surface area contributed by atoms with Crippen molar-refractivity contribution in [1.29, 1.82) is 0 Å². The maximum Gasteiger partial charge on any atom is 0.220 e. The van der Waals surface area contributed by atoms with E-state index in [1.165, 1.54) is 0 Å². The molecule has 0 aliphatic heterocycles. The van der Waals surface area contributed by atoms with E-state index in [9.17, 15) is 9.59 Å². The highest BCUT2D eigenvalue weighted by atomic mass is 16.2. The van der Waals surface area contributed by atoms with E-state index in [1.807, 2.05) is 7.05 Å². The molecule has 0 radical (unpaired) electrons. The molecule has 0 aromatic rings. The maximum atomic E-state index is 11.6. The molecule has 0 spiro atoms. The van der Waals surface area contributed by atoms with Gasteiger partial charge in [-0.2, -0.15) is 0 Å². The van der Waals surface area contributed by atoms with Crippen molar-refractivity contribution in [2.24, 2.45) is 11.7 Å². The highest BCUT2D eigenvalue weighted by Gasteiger charge is 2.26. The lowest BCUT2D eigenvalue weighted by molar-refractivity contribution is -0.125. The van der Waals surface area contributed by atoms with Crippen molar-refractivity contribution < 1.29 is 9.59 Å². The Bertz CT molecular complexity index is 268. The first-order valence-electron chi connectivity index (χ1n) is 6.36. The fourth-order valence-electron chi connectivity index (χ4n) is 2.30. The van der Waals surface area contributed by atoms with E-state index < -0.39 is 0 Å². The summed E-state index contributed by atoms with van der Waals surface area (Å²) in [6.07, 6.45) is 4.87. The third kappa shape index (κ3) is 5.17. The third-order valence-electron chi connectivity index (χ3n) is 3.27. The Morgan fingerprint density at radius 3 is 2.76 bits per heavy atom. The number of carbonyl (C=O) groups is 2. The Balaban J connectivity index is 2.26. The van der Waals surface area contributed by atoms with Gasteiger partial charge in [-0.3, -0.25) is 9.59 Å². The van der Waals surface area contributed by atoms with Gasteiger partial charge in [-0.25, -0.2) is 0 Å². The van der Waals surface area contributed by atoms with E-state index in [0.717, 1.165) is 32.2 Å². The summed E-state index contributed by atoms with van der Waals surface area (Å²) >= 11 is 0. The van der Waals surface area contributed by atoms with Crippen molar-refractivity contribution >= 4 is 11.8 Å². The van der Waals surface area contributed by atoms with Crippen molar-refractivity contribution in [3.63, 3.8) is 0 Å². The maximum absolute atomic E-state index is 11.6. The molecule has 17 heavy (non-hydrogen) atoms. The van der Waals surface area contributed by atoms with Crippen LogP contribution in [0.3, 0.4) is 0 Å². The second-order valence-corrected chi connectivity index (χ2v) is 4.74. The molecule has 1 saturated carbocycles. The molecule has 1 fully saturated rings. The Kier molecular flexibility index (Phi) is 5.97. The van der Waals surface area contributed by atoms with E-state index >= 15 is 0 Å². The number of hydrogen-bond donors (Lipinski definition) is 3. The van der Waals surface area contributed by atoms with Crippen LogP contribution in [0, 0.1) is 5.92 Å². The SMILES string of the molecule is CNCCCC(=O)NC1CCCC(C(N)=O)C1. The molecule has 0 saturated heterocycles. The summed E-state index contributed by atoms with van der Waals surface area (Å²) in [5.74, 6) is -0.221. The molecule has 1 rings (SSSR count). The van der Waals surface area contributed by atoms with E-state index in [2.05, 4.69) is 10.6 Å². The van der Waals surface area contributed by atoms with Gasteiger partial charge in [-0.05, 0) is 39.3 Å². The summed E-state index contributed by atoms with van der Waals surface area (Å²) in [7, 11) is 1.87. The van der Waals surface area contributed by atoms with Crippen LogP contribution in [-0.4, -0.2) is 31.4 Å². The summed E-state index contributed by atoms with van der Waals surface area (Å²) in [6.45, 7) is 0.849. The first-order valence-corrected chi connectivity index (χ1v) is 6.36. The number of hydrogen-bond acceptors (Lipinski definition) is 3. The molecule has 1 aliphatic carbocycles. The number of primary amides is 1. The lowest BCUT2D eigenvalue weighted by atomic mass is 9.85. The lowest BCUT2D eigenvalue weighted by Crippen LogP contribution is -2.41. The van der Waals surface area contributed by atoms with Crippen molar-refractivity contribution in [3.8, 4) is 0 Å². The van der Waals surface area contributed by atoms with Gasteiger partial charge < -0.3 is 16.4 Å². The number of nitrogens with one attached hydrogen (secondary N) is 2. The normalized spacial score (nSPS) is 24.3. The van der Waals surface area contributed by atoms with Crippen LogP contribution >= 0.6 is 0 Å². The van der Waals surface area contributed by atoms with Gasteiger partial charge >= 0.3 is 0 Å². The van der Waals surface area contributed by atoms with Crippen LogP contribution in [-0.2, 0) is 9.59 Å². The zero-order chi connectivity index (χ0) is 12.7. The van der Waals surface area contributed by atoms with E-state index in [1.54, 1.807) is 0 Å². The minimum absolute atomic E-state index is 0.0636. The van der Waals surface area contributed by atoms with Crippen molar-refractivity contribution in [3.05, 3.63) is 0 Å². The van der Waals surface area contributed by atoms with Gasteiger partial charge in [-0.15, -0.1) is 0 Å². The molecule has 0 heterocycles. The molecule has 0 aromatic heterocycles. The van der Waals surface area contributed by atoms with Crippen LogP contribution in [0.2, 0.25) is 0 Å². The molecule has 4 N–H and O–H groups in total. The van der Waals surface area contributed by atoms with Gasteiger partial charge in [0, 0.05) is 18.4 Å². The van der Waals surface area contributed by atoms with E-state index in [0.29, 0.717) is 12.8 Å². The number of amides is 2. The average Bonchev–Trinajstić information content (AvgIpc) is 2.29. The van der Waals surface area contributed by atoms with Crippen LogP contribution < -0.4 is 16.4 Å². The van der Waals surface area contributed by atoms with Crippen molar-refractivity contribution in [2.45, 2.75) is 44.6 Å². The molecule has 5 nitrogen and oxygen atoms in total. The Labute approximate surface area is 103 Å². The highest BCUT2D eigenvalue weighted by Crippen LogP contribution is 2.23. The molecule has 5 heteroatoms.